The number of nitrogens with one attached hydrogen (secondary N) is 1. The van der Waals surface area contributed by atoms with Crippen molar-refractivity contribution in [1.82, 2.24) is 9.88 Å². The van der Waals surface area contributed by atoms with Crippen molar-refractivity contribution in [3.8, 4) is 0 Å². The quantitative estimate of drug-likeness (QED) is 0.491. The summed E-state index contributed by atoms with van der Waals surface area (Å²) in [5, 5.41) is 0.779. The Kier molecular flexibility index (Phi) is 5.12. The van der Waals surface area contributed by atoms with Crippen molar-refractivity contribution in [1.29, 1.82) is 0 Å². The Labute approximate surface area is 166 Å². The van der Waals surface area contributed by atoms with Crippen molar-refractivity contribution < 1.29 is 9.59 Å². The van der Waals surface area contributed by atoms with Crippen LogP contribution in [0.3, 0.4) is 0 Å². The first kappa shape index (κ1) is 18.0. The van der Waals surface area contributed by atoms with E-state index in [0.29, 0.717) is 24.6 Å². The molecule has 4 rings (SSSR count). The van der Waals surface area contributed by atoms with Gasteiger partial charge in [-0.2, -0.15) is 0 Å². The molecule has 2 aromatic carbocycles. The molecule has 0 atom stereocenters. The lowest BCUT2D eigenvalue weighted by molar-refractivity contribution is -0.127. The first-order valence-corrected chi connectivity index (χ1v) is 10.1. The second-order valence-corrected chi connectivity index (χ2v) is 8.06. The number of H-pyrrole nitrogens is 1. The van der Waals surface area contributed by atoms with E-state index in [4.69, 9.17) is 0 Å². The number of fused-ring (bicyclic) bond motifs is 1. The third-order valence-electron chi connectivity index (χ3n) is 5.35. The van der Waals surface area contributed by atoms with E-state index in [1.807, 2.05) is 24.3 Å². The van der Waals surface area contributed by atoms with Gasteiger partial charge in [-0.3, -0.25) is 9.59 Å². The highest BCUT2D eigenvalue weighted by atomic mass is 79.9. The monoisotopic (exact) mass is 424 g/mol. The standard InChI is InChI=1S/C22H21BrN2O2/c23-17-6-7-20-18(13-17)19(14-24-20)21(26)22(27)25-10-8-16(9-11-25)12-15-4-2-1-3-5-15/h1-7,13-14,16,24H,8-12H2. The van der Waals surface area contributed by atoms with Gasteiger partial charge in [-0.25, -0.2) is 0 Å². The first-order valence-electron chi connectivity index (χ1n) is 9.26. The van der Waals surface area contributed by atoms with Gasteiger partial charge in [0, 0.05) is 34.7 Å². The number of nitrogens with zero attached hydrogens (tertiary/aromatic N) is 1. The number of hydrogen-bond acceptors (Lipinski definition) is 2. The number of amides is 1. The molecule has 0 radical (unpaired) electrons. The predicted molar refractivity (Wildman–Crippen MR) is 110 cm³/mol. The van der Waals surface area contributed by atoms with Crippen LogP contribution in [-0.2, 0) is 11.2 Å². The van der Waals surface area contributed by atoms with Crippen LogP contribution in [0.15, 0.2) is 59.2 Å². The second-order valence-electron chi connectivity index (χ2n) is 7.15. The van der Waals surface area contributed by atoms with Gasteiger partial charge >= 0.3 is 0 Å². The molecule has 1 aliphatic heterocycles. The number of carbonyl (C=O) groups is 2. The normalized spacial score (nSPS) is 15.2. The van der Waals surface area contributed by atoms with Crippen LogP contribution in [0.2, 0.25) is 0 Å². The van der Waals surface area contributed by atoms with Gasteiger partial charge in [0.05, 0.1) is 5.56 Å². The van der Waals surface area contributed by atoms with E-state index in [-0.39, 0.29) is 0 Å². The topological polar surface area (TPSA) is 53.2 Å². The zero-order chi connectivity index (χ0) is 18.8. The molecule has 0 aliphatic carbocycles. The van der Waals surface area contributed by atoms with Crippen LogP contribution in [-0.4, -0.2) is 34.7 Å². The molecule has 0 unspecified atom stereocenters. The molecule has 1 amide bonds. The molecule has 2 heterocycles. The second kappa shape index (κ2) is 7.69. The Morgan fingerprint density at radius 2 is 1.81 bits per heavy atom. The summed E-state index contributed by atoms with van der Waals surface area (Å²) in [5.74, 6) is -0.259. The Morgan fingerprint density at radius 3 is 2.56 bits per heavy atom. The Bertz CT molecular complexity index is 972. The molecule has 1 N–H and O–H groups in total. The first-order chi connectivity index (χ1) is 13.1. The summed E-state index contributed by atoms with van der Waals surface area (Å²) >= 11 is 3.43. The minimum Gasteiger partial charge on any atom is -0.360 e. The summed E-state index contributed by atoms with van der Waals surface area (Å²) in [7, 11) is 0. The number of piperidine rings is 1. The Balaban J connectivity index is 1.41. The minimum absolute atomic E-state index is 0.394. The van der Waals surface area contributed by atoms with Gasteiger partial charge in [0.25, 0.3) is 11.7 Å². The number of aromatic amines is 1. The third-order valence-corrected chi connectivity index (χ3v) is 5.84. The number of halogens is 1. The Hall–Kier alpha value is -2.40. The van der Waals surface area contributed by atoms with E-state index >= 15 is 0 Å². The van der Waals surface area contributed by atoms with Gasteiger partial charge in [0.2, 0.25) is 0 Å². The molecule has 1 saturated heterocycles. The number of likely N-dealkylation sites (tertiary alicyclic amines) is 1. The predicted octanol–water partition coefficient (Wildman–Crippen LogP) is 4.59. The molecule has 138 valence electrons. The lowest BCUT2D eigenvalue weighted by Crippen LogP contribution is -2.42. The number of ketones is 1. The van der Waals surface area contributed by atoms with Crippen LogP contribution in [0.1, 0.15) is 28.8 Å². The van der Waals surface area contributed by atoms with Crippen LogP contribution < -0.4 is 0 Å². The number of carbonyl (C=O) groups excluding carboxylic acids is 2. The molecule has 27 heavy (non-hydrogen) atoms. The van der Waals surface area contributed by atoms with E-state index < -0.39 is 11.7 Å². The summed E-state index contributed by atoms with van der Waals surface area (Å²) in [6.07, 6.45) is 4.55. The maximum Gasteiger partial charge on any atom is 0.295 e. The molecule has 4 nitrogen and oxygen atoms in total. The van der Waals surface area contributed by atoms with Crippen LogP contribution >= 0.6 is 15.9 Å². The smallest absolute Gasteiger partial charge is 0.295 e. The van der Waals surface area contributed by atoms with Crippen LogP contribution in [0.4, 0.5) is 0 Å². The average molecular weight is 425 g/mol. The van der Waals surface area contributed by atoms with Gasteiger partial charge in [-0.15, -0.1) is 0 Å². The zero-order valence-electron chi connectivity index (χ0n) is 15.0. The lowest BCUT2D eigenvalue weighted by atomic mass is 9.90. The Morgan fingerprint density at radius 1 is 1.07 bits per heavy atom. The number of aromatic nitrogens is 1. The van der Waals surface area contributed by atoms with Crippen LogP contribution in [0.25, 0.3) is 10.9 Å². The molecule has 5 heteroatoms. The summed E-state index contributed by atoms with van der Waals surface area (Å²) in [6.45, 7) is 1.29. The number of Topliss-reactive ketones (excluding diaryl/α,β-unsaturated/α-hetero) is 1. The fraction of sp³-hybridized carbons (Fsp3) is 0.273. The fourth-order valence-electron chi connectivity index (χ4n) is 3.83. The van der Waals surface area contributed by atoms with Gasteiger partial charge in [-0.05, 0) is 48.9 Å². The van der Waals surface area contributed by atoms with Gasteiger partial charge < -0.3 is 9.88 Å². The van der Waals surface area contributed by atoms with Crippen molar-refractivity contribution in [2.24, 2.45) is 5.92 Å². The third kappa shape index (κ3) is 3.83. The highest BCUT2D eigenvalue weighted by molar-refractivity contribution is 9.10. The summed E-state index contributed by atoms with van der Waals surface area (Å²) in [6, 6.07) is 16.1. The SMILES string of the molecule is O=C(C(=O)N1CCC(Cc2ccccc2)CC1)c1c[nH]c2ccc(Br)cc12. The zero-order valence-corrected chi connectivity index (χ0v) is 16.5. The molecule has 3 aromatic rings. The van der Waals surface area contributed by atoms with Crippen molar-refractivity contribution >= 4 is 38.5 Å². The summed E-state index contributed by atoms with van der Waals surface area (Å²) in [4.78, 5) is 30.3. The average Bonchev–Trinajstić information content (AvgIpc) is 3.11. The molecular weight excluding hydrogens is 404 g/mol. The van der Waals surface area contributed by atoms with Crippen LogP contribution in [0, 0.1) is 5.92 Å². The van der Waals surface area contributed by atoms with Crippen molar-refractivity contribution in [2.75, 3.05) is 13.1 Å². The van der Waals surface area contributed by atoms with E-state index in [0.717, 1.165) is 34.6 Å². The molecule has 0 saturated carbocycles. The summed E-state index contributed by atoms with van der Waals surface area (Å²) in [5.41, 5.74) is 2.64. The van der Waals surface area contributed by atoms with E-state index in [1.165, 1.54) is 5.56 Å². The molecule has 1 aliphatic rings. The van der Waals surface area contributed by atoms with Crippen LogP contribution in [0.5, 0.6) is 0 Å². The minimum atomic E-state index is -0.430. The maximum atomic E-state index is 12.8. The number of hydrogen-bond donors (Lipinski definition) is 1. The highest BCUT2D eigenvalue weighted by Gasteiger charge is 2.29. The number of benzene rings is 2. The number of rotatable bonds is 4. The van der Waals surface area contributed by atoms with Crippen molar-refractivity contribution in [3.05, 3.63) is 70.3 Å². The van der Waals surface area contributed by atoms with Gasteiger partial charge in [-0.1, -0.05) is 46.3 Å². The lowest BCUT2D eigenvalue weighted by Gasteiger charge is -2.31. The molecular formula is C22H21BrN2O2. The van der Waals surface area contributed by atoms with Gasteiger partial charge in [0.1, 0.15) is 0 Å². The molecule has 1 aromatic heterocycles. The van der Waals surface area contributed by atoms with Crippen molar-refractivity contribution in [3.63, 3.8) is 0 Å². The summed E-state index contributed by atoms with van der Waals surface area (Å²) < 4.78 is 0.887. The molecule has 0 spiro atoms. The molecule has 0 bridgehead atoms. The fourth-order valence-corrected chi connectivity index (χ4v) is 4.19. The van der Waals surface area contributed by atoms with Gasteiger partial charge in [0.15, 0.2) is 0 Å². The highest BCUT2D eigenvalue weighted by Crippen LogP contribution is 2.25. The van der Waals surface area contributed by atoms with E-state index in [2.05, 4.69) is 45.2 Å². The van der Waals surface area contributed by atoms with Crippen molar-refractivity contribution in [2.45, 2.75) is 19.3 Å². The molecule has 1 fully saturated rings. The maximum absolute atomic E-state index is 12.8. The van der Waals surface area contributed by atoms with E-state index in [9.17, 15) is 9.59 Å². The van der Waals surface area contributed by atoms with E-state index in [1.54, 1.807) is 11.1 Å². The largest absolute Gasteiger partial charge is 0.360 e.